The van der Waals surface area contributed by atoms with Crippen LogP contribution in [0.3, 0.4) is 0 Å². The lowest BCUT2D eigenvalue weighted by atomic mass is 10.1. The van der Waals surface area contributed by atoms with Crippen LogP contribution in [0, 0.1) is 18.3 Å². The van der Waals surface area contributed by atoms with E-state index in [1.807, 2.05) is 19.1 Å². The van der Waals surface area contributed by atoms with Crippen LogP contribution in [0.25, 0.3) is 11.0 Å². The zero-order valence-corrected chi connectivity index (χ0v) is 13.1. The van der Waals surface area contributed by atoms with Crippen molar-refractivity contribution in [1.82, 2.24) is 0 Å². The Bertz CT molecular complexity index is 968. The molecule has 0 spiro atoms. The molecule has 0 saturated carbocycles. The number of rotatable bonds is 3. The Morgan fingerprint density at radius 1 is 1.22 bits per heavy atom. The van der Waals surface area contributed by atoms with Gasteiger partial charge in [0.15, 0.2) is 0 Å². The number of ether oxygens (including phenoxy) is 1. The zero-order chi connectivity index (χ0) is 16.4. The van der Waals surface area contributed by atoms with Crippen LogP contribution in [0.5, 0.6) is 5.75 Å². The summed E-state index contributed by atoms with van der Waals surface area (Å²) in [5, 5.41) is 10.0. The van der Waals surface area contributed by atoms with Gasteiger partial charge in [-0.05, 0) is 36.2 Å². The second-order valence-electron chi connectivity index (χ2n) is 5.12. The Morgan fingerprint density at radius 3 is 2.65 bits per heavy atom. The second kappa shape index (κ2) is 6.15. The van der Waals surface area contributed by atoms with Crippen LogP contribution in [0.4, 0.5) is 0 Å². The van der Waals surface area contributed by atoms with Crippen LogP contribution < -0.4 is 10.4 Å². The quantitative estimate of drug-likeness (QED) is 0.677. The van der Waals surface area contributed by atoms with E-state index in [0.29, 0.717) is 28.5 Å². The van der Waals surface area contributed by atoms with Crippen LogP contribution in [0.15, 0.2) is 51.7 Å². The van der Waals surface area contributed by atoms with Gasteiger partial charge in [-0.3, -0.25) is 0 Å². The van der Waals surface area contributed by atoms with Gasteiger partial charge in [-0.2, -0.15) is 5.26 Å². The van der Waals surface area contributed by atoms with Gasteiger partial charge in [-0.15, -0.1) is 0 Å². The summed E-state index contributed by atoms with van der Waals surface area (Å²) in [5.74, 6) is 0.442. The molecule has 0 aliphatic rings. The number of halogens is 1. The first-order chi connectivity index (χ1) is 11.1. The Labute approximate surface area is 137 Å². The van der Waals surface area contributed by atoms with Gasteiger partial charge >= 0.3 is 5.63 Å². The van der Waals surface area contributed by atoms with Crippen LogP contribution >= 0.6 is 11.6 Å². The highest BCUT2D eigenvalue weighted by Gasteiger charge is 2.09. The number of hydrogen-bond acceptors (Lipinski definition) is 4. The van der Waals surface area contributed by atoms with Crippen molar-refractivity contribution in [1.29, 1.82) is 5.26 Å². The third-order valence-corrected chi connectivity index (χ3v) is 3.78. The maximum atomic E-state index is 11.5. The molecule has 0 bridgehead atoms. The van der Waals surface area contributed by atoms with Crippen molar-refractivity contribution in [2.75, 3.05) is 0 Å². The van der Waals surface area contributed by atoms with E-state index in [1.54, 1.807) is 24.3 Å². The Kier molecular flexibility index (Phi) is 4.05. The monoisotopic (exact) mass is 325 g/mol. The minimum absolute atomic E-state index is 0.299. The second-order valence-corrected chi connectivity index (χ2v) is 5.53. The summed E-state index contributed by atoms with van der Waals surface area (Å²) in [6, 6.07) is 13.9. The van der Waals surface area contributed by atoms with Crippen molar-refractivity contribution in [3.8, 4) is 11.8 Å². The van der Waals surface area contributed by atoms with Crippen LogP contribution in [0.1, 0.15) is 16.7 Å². The molecule has 4 nitrogen and oxygen atoms in total. The molecule has 1 heterocycles. The molecule has 0 N–H and O–H groups in total. The van der Waals surface area contributed by atoms with E-state index in [4.69, 9.17) is 26.0 Å². The first-order valence-electron chi connectivity index (χ1n) is 6.92. The van der Waals surface area contributed by atoms with Gasteiger partial charge in [0.2, 0.25) is 0 Å². The third-order valence-electron chi connectivity index (χ3n) is 3.48. The summed E-state index contributed by atoms with van der Waals surface area (Å²) in [6.07, 6.45) is 0. The highest BCUT2D eigenvalue weighted by molar-refractivity contribution is 6.32. The number of fused-ring (bicyclic) bond motifs is 1. The van der Waals surface area contributed by atoms with Crippen molar-refractivity contribution in [2.45, 2.75) is 13.5 Å². The minimum atomic E-state index is -0.407. The first kappa shape index (κ1) is 15.1. The highest BCUT2D eigenvalue weighted by atomic mass is 35.5. The summed E-state index contributed by atoms with van der Waals surface area (Å²) in [4.78, 5) is 11.5. The fraction of sp³-hybridized carbons (Fsp3) is 0.111. The molecule has 0 radical (unpaired) electrons. The van der Waals surface area contributed by atoms with E-state index in [-0.39, 0.29) is 0 Å². The number of benzene rings is 2. The standard InChI is InChI=1S/C18H12ClNO3/c1-11-6-18(21)23-16-8-17(15(19)7-14(11)16)22-10-13-4-2-12(9-20)3-5-13/h2-8H,10H2,1H3. The summed E-state index contributed by atoms with van der Waals surface area (Å²) in [7, 11) is 0. The Balaban J connectivity index is 1.89. The maximum absolute atomic E-state index is 11.5. The summed E-state index contributed by atoms with van der Waals surface area (Å²) >= 11 is 6.24. The van der Waals surface area contributed by atoms with Crippen molar-refractivity contribution < 1.29 is 9.15 Å². The summed E-state index contributed by atoms with van der Waals surface area (Å²) < 4.78 is 10.9. The first-order valence-corrected chi connectivity index (χ1v) is 7.30. The molecule has 0 atom stereocenters. The van der Waals surface area contributed by atoms with Gasteiger partial charge in [0.05, 0.1) is 16.7 Å². The molecule has 114 valence electrons. The maximum Gasteiger partial charge on any atom is 0.336 e. The van der Waals surface area contributed by atoms with Crippen molar-refractivity contribution in [3.05, 3.63) is 74.6 Å². The van der Waals surface area contributed by atoms with Gasteiger partial charge in [-0.1, -0.05) is 23.7 Å². The molecule has 0 fully saturated rings. The average molecular weight is 326 g/mol. The van der Waals surface area contributed by atoms with Gasteiger partial charge in [-0.25, -0.2) is 4.79 Å². The molecular formula is C18H12ClNO3. The fourth-order valence-corrected chi connectivity index (χ4v) is 2.49. The molecular weight excluding hydrogens is 314 g/mol. The number of nitrogens with zero attached hydrogens (tertiary/aromatic N) is 1. The van der Waals surface area contributed by atoms with E-state index in [1.165, 1.54) is 6.07 Å². The number of nitriles is 1. The van der Waals surface area contributed by atoms with Crippen LogP contribution in [0.2, 0.25) is 5.02 Å². The van der Waals surface area contributed by atoms with Gasteiger partial charge in [0, 0.05) is 17.5 Å². The van der Waals surface area contributed by atoms with Crippen molar-refractivity contribution in [3.63, 3.8) is 0 Å². The molecule has 0 aliphatic carbocycles. The predicted molar refractivity (Wildman–Crippen MR) is 87.7 cm³/mol. The van der Waals surface area contributed by atoms with E-state index in [0.717, 1.165) is 16.5 Å². The molecule has 0 aliphatic heterocycles. The summed E-state index contributed by atoms with van der Waals surface area (Å²) in [5.41, 5.74) is 2.34. The van der Waals surface area contributed by atoms with Crippen molar-refractivity contribution >= 4 is 22.6 Å². The summed E-state index contributed by atoms with van der Waals surface area (Å²) in [6.45, 7) is 2.12. The Hall–Kier alpha value is -2.77. The third kappa shape index (κ3) is 3.20. The van der Waals surface area contributed by atoms with Gasteiger partial charge < -0.3 is 9.15 Å². The lowest BCUT2D eigenvalue weighted by molar-refractivity contribution is 0.306. The topological polar surface area (TPSA) is 63.2 Å². The largest absolute Gasteiger partial charge is 0.487 e. The van der Waals surface area contributed by atoms with E-state index in [2.05, 4.69) is 6.07 Å². The molecule has 3 aromatic rings. The average Bonchev–Trinajstić information content (AvgIpc) is 2.54. The number of hydrogen-bond donors (Lipinski definition) is 0. The highest BCUT2D eigenvalue weighted by Crippen LogP contribution is 2.31. The zero-order valence-electron chi connectivity index (χ0n) is 12.3. The normalized spacial score (nSPS) is 10.5. The Morgan fingerprint density at radius 2 is 1.96 bits per heavy atom. The minimum Gasteiger partial charge on any atom is -0.487 e. The molecule has 3 rings (SSSR count). The van der Waals surface area contributed by atoms with E-state index < -0.39 is 5.63 Å². The fourth-order valence-electron chi connectivity index (χ4n) is 2.27. The van der Waals surface area contributed by atoms with E-state index >= 15 is 0 Å². The molecule has 2 aromatic carbocycles. The van der Waals surface area contributed by atoms with E-state index in [9.17, 15) is 4.79 Å². The molecule has 0 unspecified atom stereocenters. The molecule has 0 saturated heterocycles. The molecule has 5 heteroatoms. The smallest absolute Gasteiger partial charge is 0.336 e. The van der Waals surface area contributed by atoms with Crippen molar-refractivity contribution in [2.24, 2.45) is 0 Å². The lowest BCUT2D eigenvalue weighted by Crippen LogP contribution is -2.00. The van der Waals surface area contributed by atoms with Gasteiger partial charge in [0.1, 0.15) is 17.9 Å². The lowest BCUT2D eigenvalue weighted by Gasteiger charge is -2.10. The SMILES string of the molecule is Cc1cc(=O)oc2cc(OCc3ccc(C#N)cc3)c(Cl)cc12. The van der Waals surface area contributed by atoms with Crippen LogP contribution in [-0.4, -0.2) is 0 Å². The van der Waals surface area contributed by atoms with Crippen LogP contribution in [-0.2, 0) is 6.61 Å². The number of aryl methyl sites for hydroxylation is 1. The molecule has 23 heavy (non-hydrogen) atoms. The molecule has 1 aromatic heterocycles. The molecule has 0 amide bonds. The van der Waals surface area contributed by atoms with Gasteiger partial charge in [0.25, 0.3) is 0 Å². The predicted octanol–water partition coefficient (Wildman–Crippen LogP) is 4.21.